The Morgan fingerprint density at radius 3 is 2.59 bits per heavy atom. The van der Waals surface area contributed by atoms with E-state index in [-0.39, 0.29) is 5.91 Å². The van der Waals surface area contributed by atoms with Crippen molar-refractivity contribution in [3.63, 3.8) is 0 Å². The van der Waals surface area contributed by atoms with Crippen molar-refractivity contribution in [2.24, 2.45) is 0 Å². The highest BCUT2D eigenvalue weighted by Crippen LogP contribution is 2.33. The van der Waals surface area contributed by atoms with E-state index in [0.717, 1.165) is 5.69 Å². The maximum atomic E-state index is 12.5. The standard InChI is InChI=1S/C17H19ClN2O2/c1-4-22-15-11-6-5-8-12(15)17(21)19-14-10-7-9-13(18)16(14)20(2)3/h5-11H,4H2,1-3H3,(H,19,21). The summed E-state index contributed by atoms with van der Waals surface area (Å²) in [6.45, 7) is 2.39. The Bertz CT molecular complexity index is 671. The largest absolute Gasteiger partial charge is 0.493 e. The lowest BCUT2D eigenvalue weighted by atomic mass is 10.1. The molecule has 116 valence electrons. The van der Waals surface area contributed by atoms with Gasteiger partial charge < -0.3 is 15.0 Å². The van der Waals surface area contributed by atoms with Gasteiger partial charge in [-0.3, -0.25) is 4.79 Å². The highest BCUT2D eigenvalue weighted by molar-refractivity contribution is 6.34. The lowest BCUT2D eigenvalue weighted by Gasteiger charge is -2.19. The summed E-state index contributed by atoms with van der Waals surface area (Å²) < 4.78 is 5.50. The van der Waals surface area contributed by atoms with E-state index in [1.54, 1.807) is 24.3 Å². The first-order valence-electron chi connectivity index (χ1n) is 7.03. The Morgan fingerprint density at radius 2 is 1.91 bits per heavy atom. The highest BCUT2D eigenvalue weighted by atomic mass is 35.5. The van der Waals surface area contributed by atoms with Crippen LogP contribution in [0.5, 0.6) is 5.75 Å². The van der Waals surface area contributed by atoms with Gasteiger partial charge >= 0.3 is 0 Å². The third-order valence-corrected chi connectivity index (χ3v) is 3.42. The van der Waals surface area contributed by atoms with E-state index in [0.29, 0.717) is 28.6 Å². The summed E-state index contributed by atoms with van der Waals surface area (Å²) in [6, 6.07) is 12.6. The summed E-state index contributed by atoms with van der Waals surface area (Å²) >= 11 is 6.22. The second kappa shape index (κ2) is 7.18. The smallest absolute Gasteiger partial charge is 0.259 e. The topological polar surface area (TPSA) is 41.6 Å². The molecule has 22 heavy (non-hydrogen) atoms. The molecule has 0 atom stereocenters. The number of nitrogens with one attached hydrogen (secondary N) is 1. The van der Waals surface area contributed by atoms with Gasteiger partial charge in [0.25, 0.3) is 5.91 Å². The van der Waals surface area contributed by atoms with E-state index in [9.17, 15) is 4.79 Å². The van der Waals surface area contributed by atoms with Gasteiger partial charge in [-0.1, -0.05) is 29.8 Å². The van der Waals surface area contributed by atoms with E-state index in [1.807, 2.05) is 44.1 Å². The molecule has 0 aliphatic rings. The van der Waals surface area contributed by atoms with Gasteiger partial charge in [0.05, 0.1) is 28.6 Å². The molecular weight excluding hydrogens is 300 g/mol. The minimum Gasteiger partial charge on any atom is -0.493 e. The first-order chi connectivity index (χ1) is 10.5. The van der Waals surface area contributed by atoms with Gasteiger partial charge in [0.2, 0.25) is 0 Å². The lowest BCUT2D eigenvalue weighted by molar-refractivity contribution is 0.102. The van der Waals surface area contributed by atoms with E-state index < -0.39 is 0 Å². The van der Waals surface area contributed by atoms with Crippen LogP contribution in [0.3, 0.4) is 0 Å². The zero-order chi connectivity index (χ0) is 16.1. The normalized spacial score (nSPS) is 10.2. The molecule has 2 rings (SSSR count). The average molecular weight is 319 g/mol. The molecule has 2 aromatic carbocycles. The number of rotatable bonds is 5. The number of amides is 1. The van der Waals surface area contributed by atoms with Crippen molar-refractivity contribution in [1.29, 1.82) is 0 Å². The number of carbonyl (C=O) groups is 1. The summed E-state index contributed by atoms with van der Waals surface area (Å²) in [6.07, 6.45) is 0. The minimum absolute atomic E-state index is 0.227. The molecule has 0 radical (unpaired) electrons. The number of hydrogen-bond acceptors (Lipinski definition) is 3. The number of hydrogen-bond donors (Lipinski definition) is 1. The van der Waals surface area contributed by atoms with Crippen molar-refractivity contribution in [2.45, 2.75) is 6.92 Å². The van der Waals surface area contributed by atoms with Gasteiger partial charge in [0.1, 0.15) is 5.75 Å². The summed E-state index contributed by atoms with van der Waals surface area (Å²) in [5.74, 6) is 0.338. The maximum absolute atomic E-state index is 12.5. The molecule has 0 saturated carbocycles. The van der Waals surface area contributed by atoms with Gasteiger partial charge in [-0.05, 0) is 31.2 Å². The van der Waals surface area contributed by atoms with Crippen molar-refractivity contribution >= 4 is 28.9 Å². The van der Waals surface area contributed by atoms with Crippen LogP contribution in [0.1, 0.15) is 17.3 Å². The molecule has 0 aliphatic heterocycles. The van der Waals surface area contributed by atoms with Crippen molar-refractivity contribution in [3.05, 3.63) is 53.1 Å². The van der Waals surface area contributed by atoms with Gasteiger partial charge in [0, 0.05) is 14.1 Å². The van der Waals surface area contributed by atoms with Crippen LogP contribution < -0.4 is 15.0 Å². The molecule has 0 unspecified atom stereocenters. The predicted octanol–water partition coefficient (Wildman–Crippen LogP) is 4.06. The number of para-hydroxylation sites is 2. The first kappa shape index (κ1) is 16.2. The molecule has 1 amide bonds. The number of carbonyl (C=O) groups excluding carboxylic acids is 1. The Balaban J connectivity index is 2.32. The molecule has 0 aromatic heterocycles. The minimum atomic E-state index is -0.227. The Kier molecular flexibility index (Phi) is 5.28. The summed E-state index contributed by atoms with van der Waals surface area (Å²) in [5, 5.41) is 3.49. The van der Waals surface area contributed by atoms with Crippen molar-refractivity contribution in [2.75, 3.05) is 30.9 Å². The van der Waals surface area contributed by atoms with Crippen LogP contribution in [-0.4, -0.2) is 26.6 Å². The quantitative estimate of drug-likeness (QED) is 0.904. The molecule has 0 bridgehead atoms. The van der Waals surface area contributed by atoms with Crippen LogP contribution in [0.4, 0.5) is 11.4 Å². The van der Waals surface area contributed by atoms with Crippen LogP contribution in [0.25, 0.3) is 0 Å². The summed E-state index contributed by atoms with van der Waals surface area (Å²) in [7, 11) is 3.76. The third-order valence-electron chi connectivity index (χ3n) is 3.11. The van der Waals surface area contributed by atoms with Gasteiger partial charge in [-0.2, -0.15) is 0 Å². The molecule has 0 fully saturated rings. The zero-order valence-corrected chi connectivity index (χ0v) is 13.6. The Morgan fingerprint density at radius 1 is 1.18 bits per heavy atom. The van der Waals surface area contributed by atoms with E-state index >= 15 is 0 Å². The number of halogens is 1. The summed E-state index contributed by atoms with van der Waals surface area (Å²) in [4.78, 5) is 14.4. The lowest BCUT2D eigenvalue weighted by Crippen LogP contribution is -2.17. The second-order valence-corrected chi connectivity index (χ2v) is 5.32. The third kappa shape index (κ3) is 3.52. The molecule has 5 heteroatoms. The van der Waals surface area contributed by atoms with Gasteiger partial charge in [-0.25, -0.2) is 0 Å². The monoisotopic (exact) mass is 318 g/mol. The molecule has 0 aliphatic carbocycles. The fourth-order valence-corrected chi connectivity index (χ4v) is 2.54. The van der Waals surface area contributed by atoms with Crippen LogP contribution in [0.15, 0.2) is 42.5 Å². The van der Waals surface area contributed by atoms with Crippen LogP contribution in [0.2, 0.25) is 5.02 Å². The zero-order valence-electron chi connectivity index (χ0n) is 12.9. The molecule has 0 heterocycles. The molecular formula is C17H19ClN2O2. The molecule has 4 nitrogen and oxygen atoms in total. The van der Waals surface area contributed by atoms with E-state index in [2.05, 4.69) is 5.32 Å². The fraction of sp³-hybridized carbons (Fsp3) is 0.235. The molecule has 0 spiro atoms. The summed E-state index contributed by atoms with van der Waals surface area (Å²) in [5.41, 5.74) is 1.93. The van der Waals surface area contributed by atoms with Crippen molar-refractivity contribution in [3.8, 4) is 5.75 Å². The molecule has 1 N–H and O–H groups in total. The van der Waals surface area contributed by atoms with Gasteiger partial charge in [0.15, 0.2) is 0 Å². The first-order valence-corrected chi connectivity index (χ1v) is 7.41. The average Bonchev–Trinajstić information content (AvgIpc) is 2.47. The predicted molar refractivity (Wildman–Crippen MR) is 91.3 cm³/mol. The highest BCUT2D eigenvalue weighted by Gasteiger charge is 2.15. The SMILES string of the molecule is CCOc1ccccc1C(=O)Nc1cccc(Cl)c1N(C)C. The van der Waals surface area contributed by atoms with Crippen molar-refractivity contribution < 1.29 is 9.53 Å². The number of benzene rings is 2. The van der Waals surface area contributed by atoms with Crippen molar-refractivity contribution in [1.82, 2.24) is 0 Å². The fourth-order valence-electron chi connectivity index (χ4n) is 2.20. The Labute approximate surface area is 135 Å². The van der Waals surface area contributed by atoms with Crippen LogP contribution >= 0.6 is 11.6 Å². The molecule has 0 saturated heterocycles. The second-order valence-electron chi connectivity index (χ2n) is 4.91. The van der Waals surface area contributed by atoms with Gasteiger partial charge in [-0.15, -0.1) is 0 Å². The number of nitrogens with zero attached hydrogens (tertiary/aromatic N) is 1. The van der Waals surface area contributed by atoms with Crippen LogP contribution in [-0.2, 0) is 0 Å². The number of anilines is 2. The Hall–Kier alpha value is -2.20. The maximum Gasteiger partial charge on any atom is 0.259 e. The molecule has 2 aromatic rings. The number of ether oxygens (including phenoxy) is 1. The van der Waals surface area contributed by atoms with E-state index in [1.165, 1.54) is 0 Å². The van der Waals surface area contributed by atoms with E-state index in [4.69, 9.17) is 16.3 Å². The van der Waals surface area contributed by atoms with Crippen LogP contribution in [0, 0.1) is 0 Å².